The summed E-state index contributed by atoms with van der Waals surface area (Å²) in [5.41, 5.74) is 1.94. The molecule has 0 atom stereocenters. The van der Waals surface area contributed by atoms with Crippen LogP contribution in [0.15, 0.2) is 36.4 Å². The van der Waals surface area contributed by atoms with E-state index in [1.807, 2.05) is 66.8 Å². The number of hydrogen-bond acceptors (Lipinski definition) is 8. The van der Waals surface area contributed by atoms with Crippen molar-refractivity contribution in [2.45, 2.75) is 52.7 Å². The van der Waals surface area contributed by atoms with Crippen molar-refractivity contribution in [3.8, 4) is 11.3 Å². The minimum absolute atomic E-state index is 0.287. The number of carbonyl (C=O) groups is 2. The lowest BCUT2D eigenvalue weighted by atomic mass is 10.1. The maximum atomic E-state index is 12.7. The van der Waals surface area contributed by atoms with Gasteiger partial charge in [-0.1, -0.05) is 30.3 Å². The van der Waals surface area contributed by atoms with Gasteiger partial charge in [0.15, 0.2) is 0 Å². The third-order valence-electron chi connectivity index (χ3n) is 7.37. The van der Waals surface area contributed by atoms with E-state index in [-0.39, 0.29) is 12.2 Å². The second-order valence-corrected chi connectivity index (χ2v) is 12.9. The Labute approximate surface area is 248 Å². The number of amides is 2. The minimum Gasteiger partial charge on any atom is -0.444 e. The molecule has 0 spiro atoms. The molecule has 0 radical (unpaired) electrons. The second kappa shape index (κ2) is 11.3. The minimum atomic E-state index is -0.534. The van der Waals surface area contributed by atoms with E-state index >= 15 is 0 Å². The smallest absolute Gasteiger partial charge is 0.410 e. The Morgan fingerprint density at radius 3 is 1.71 bits per heavy atom. The summed E-state index contributed by atoms with van der Waals surface area (Å²) in [7, 11) is 2.03. The van der Waals surface area contributed by atoms with Crippen molar-refractivity contribution in [1.29, 1.82) is 0 Å². The summed E-state index contributed by atoms with van der Waals surface area (Å²) in [4.78, 5) is 43.4. The Morgan fingerprint density at radius 2 is 1.21 bits per heavy atom. The first-order valence-electron chi connectivity index (χ1n) is 14.7. The van der Waals surface area contributed by atoms with Gasteiger partial charge in [0.2, 0.25) is 5.95 Å². The molecule has 0 saturated carbocycles. The number of hydrogen-bond donors (Lipinski definition) is 0. The van der Waals surface area contributed by atoms with Crippen LogP contribution in [0.1, 0.15) is 41.5 Å². The number of carbonyl (C=O) groups excluding carboxylic acids is 2. The zero-order chi connectivity index (χ0) is 30.2. The first-order chi connectivity index (χ1) is 19.8. The zero-order valence-electron chi connectivity index (χ0n) is 25.9. The molecule has 5 rings (SSSR count). The van der Waals surface area contributed by atoms with Crippen LogP contribution >= 0.6 is 0 Å². The molecule has 0 bridgehead atoms. The lowest BCUT2D eigenvalue weighted by molar-refractivity contribution is 0.0230. The molecule has 4 heterocycles. The van der Waals surface area contributed by atoms with Crippen LogP contribution in [-0.2, 0) is 16.5 Å². The average molecular weight is 578 g/mol. The van der Waals surface area contributed by atoms with Crippen molar-refractivity contribution in [3.05, 3.63) is 36.4 Å². The van der Waals surface area contributed by atoms with E-state index in [1.165, 1.54) is 0 Å². The van der Waals surface area contributed by atoms with Crippen molar-refractivity contribution in [3.63, 3.8) is 0 Å². The normalized spacial score (nSPS) is 16.6. The highest BCUT2D eigenvalue weighted by Gasteiger charge is 2.31. The largest absolute Gasteiger partial charge is 0.444 e. The molecule has 0 unspecified atom stereocenters. The zero-order valence-corrected chi connectivity index (χ0v) is 25.9. The molecule has 0 N–H and O–H groups in total. The molecule has 2 fully saturated rings. The van der Waals surface area contributed by atoms with Crippen LogP contribution in [0.4, 0.5) is 21.4 Å². The second-order valence-electron chi connectivity index (χ2n) is 12.9. The van der Waals surface area contributed by atoms with E-state index in [2.05, 4.69) is 32.6 Å². The SMILES string of the molecule is Cn1c(-c2ccccc2)cc2c(N3CCN(C(=O)OC(C)(C)C)CC3)nc(N3CCN(C(=O)OC(C)(C)C)CC3)nc21. The highest BCUT2D eigenvalue weighted by Crippen LogP contribution is 2.34. The summed E-state index contributed by atoms with van der Waals surface area (Å²) >= 11 is 0. The van der Waals surface area contributed by atoms with Gasteiger partial charge in [0.25, 0.3) is 0 Å². The predicted molar refractivity (Wildman–Crippen MR) is 164 cm³/mol. The van der Waals surface area contributed by atoms with Crippen molar-refractivity contribution >= 4 is 35.0 Å². The van der Waals surface area contributed by atoms with Crippen LogP contribution in [0.3, 0.4) is 0 Å². The van der Waals surface area contributed by atoms with Gasteiger partial charge < -0.3 is 33.6 Å². The molecular weight excluding hydrogens is 534 g/mol. The summed E-state index contributed by atoms with van der Waals surface area (Å²) in [5, 5.41) is 0.971. The van der Waals surface area contributed by atoms with E-state index in [0.717, 1.165) is 28.1 Å². The fourth-order valence-corrected chi connectivity index (χ4v) is 5.28. The van der Waals surface area contributed by atoms with Gasteiger partial charge in [0.1, 0.15) is 22.7 Å². The Kier molecular flexibility index (Phi) is 7.96. The Morgan fingerprint density at radius 1 is 0.714 bits per heavy atom. The lowest BCUT2D eigenvalue weighted by Crippen LogP contribution is -2.51. The third kappa shape index (κ3) is 6.55. The van der Waals surface area contributed by atoms with Gasteiger partial charge in [-0.05, 0) is 53.2 Å². The molecule has 2 aliphatic rings. The van der Waals surface area contributed by atoms with Gasteiger partial charge in [-0.15, -0.1) is 0 Å². The third-order valence-corrected chi connectivity index (χ3v) is 7.37. The first kappa shape index (κ1) is 29.5. The van der Waals surface area contributed by atoms with Crippen molar-refractivity contribution in [1.82, 2.24) is 24.3 Å². The van der Waals surface area contributed by atoms with Gasteiger partial charge in [0.05, 0.1) is 11.1 Å². The van der Waals surface area contributed by atoms with Gasteiger partial charge in [0, 0.05) is 59.4 Å². The molecule has 11 heteroatoms. The van der Waals surface area contributed by atoms with E-state index < -0.39 is 11.2 Å². The van der Waals surface area contributed by atoms with Gasteiger partial charge in [-0.3, -0.25) is 0 Å². The van der Waals surface area contributed by atoms with E-state index in [4.69, 9.17) is 19.4 Å². The number of aromatic nitrogens is 3. The van der Waals surface area contributed by atoms with Gasteiger partial charge in [-0.25, -0.2) is 9.59 Å². The van der Waals surface area contributed by atoms with Crippen LogP contribution < -0.4 is 9.80 Å². The lowest BCUT2D eigenvalue weighted by Gasteiger charge is -2.37. The predicted octanol–water partition coefficient (Wildman–Crippen LogP) is 4.75. The molecule has 2 saturated heterocycles. The monoisotopic (exact) mass is 577 g/mol. The number of piperazine rings is 2. The van der Waals surface area contributed by atoms with Crippen molar-refractivity contribution in [2.24, 2.45) is 7.05 Å². The number of anilines is 2. The van der Waals surface area contributed by atoms with Crippen LogP contribution in [0.5, 0.6) is 0 Å². The van der Waals surface area contributed by atoms with Crippen molar-refractivity contribution in [2.75, 3.05) is 62.2 Å². The summed E-state index contributed by atoms with van der Waals surface area (Å²) < 4.78 is 13.3. The number of ether oxygens (including phenoxy) is 2. The van der Waals surface area contributed by atoms with Crippen LogP contribution in [0.25, 0.3) is 22.3 Å². The first-order valence-corrected chi connectivity index (χ1v) is 14.7. The summed E-state index contributed by atoms with van der Waals surface area (Å²) in [6.45, 7) is 15.9. The molecule has 2 aromatic heterocycles. The Hall–Kier alpha value is -4.02. The Bertz CT molecular complexity index is 1430. The van der Waals surface area contributed by atoms with Crippen LogP contribution in [-0.4, -0.2) is 100 Å². The Balaban J connectivity index is 1.43. The highest BCUT2D eigenvalue weighted by molar-refractivity contribution is 5.94. The molecule has 226 valence electrons. The molecule has 42 heavy (non-hydrogen) atoms. The molecule has 2 amide bonds. The number of nitrogens with zero attached hydrogens (tertiary/aromatic N) is 7. The fourth-order valence-electron chi connectivity index (χ4n) is 5.28. The van der Waals surface area contributed by atoms with Gasteiger partial charge in [-0.2, -0.15) is 9.97 Å². The fraction of sp³-hybridized carbons (Fsp3) is 0.548. The molecule has 11 nitrogen and oxygen atoms in total. The quantitative estimate of drug-likeness (QED) is 0.440. The highest BCUT2D eigenvalue weighted by atomic mass is 16.6. The molecular formula is C31H43N7O4. The van der Waals surface area contributed by atoms with Gasteiger partial charge >= 0.3 is 12.2 Å². The summed E-state index contributed by atoms with van der Waals surface area (Å²) in [6, 6.07) is 12.4. The standard InChI is InChI=1S/C31H43N7O4/c1-30(2,3)41-28(39)37-17-13-35(14-18-37)26-23-21-24(22-11-9-8-10-12-22)34(7)25(23)32-27(33-26)36-15-19-38(20-16-36)29(40)42-31(4,5)6/h8-12,21H,13-20H2,1-7H3. The molecule has 2 aliphatic heterocycles. The summed E-state index contributed by atoms with van der Waals surface area (Å²) in [5.74, 6) is 1.49. The number of benzene rings is 1. The maximum absolute atomic E-state index is 12.7. The number of aryl methyl sites for hydroxylation is 1. The molecule has 1 aromatic carbocycles. The van der Waals surface area contributed by atoms with E-state index in [1.54, 1.807) is 9.80 Å². The number of fused-ring (bicyclic) bond motifs is 1. The van der Waals surface area contributed by atoms with E-state index in [9.17, 15) is 9.59 Å². The maximum Gasteiger partial charge on any atom is 0.410 e. The average Bonchev–Trinajstić information content (AvgIpc) is 3.27. The molecule has 3 aromatic rings. The molecule has 0 aliphatic carbocycles. The van der Waals surface area contributed by atoms with Crippen LogP contribution in [0, 0.1) is 0 Å². The van der Waals surface area contributed by atoms with Crippen LogP contribution in [0.2, 0.25) is 0 Å². The topological polar surface area (TPSA) is 96.3 Å². The number of rotatable bonds is 3. The summed E-state index contributed by atoms with van der Waals surface area (Å²) in [6.07, 6.45) is -0.582. The van der Waals surface area contributed by atoms with E-state index in [0.29, 0.717) is 58.3 Å². The van der Waals surface area contributed by atoms with Crippen molar-refractivity contribution < 1.29 is 19.1 Å².